The molecule has 3 rings (SSSR count). The van der Waals surface area contributed by atoms with E-state index < -0.39 is 18.7 Å². The zero-order valence-corrected chi connectivity index (χ0v) is 12.6. The molecule has 0 spiro atoms. The Morgan fingerprint density at radius 3 is 2.70 bits per heavy atom. The summed E-state index contributed by atoms with van der Waals surface area (Å²) >= 11 is 0. The number of hydrogen-bond acceptors (Lipinski definition) is 5. The molecule has 1 aromatic rings. The molecule has 5 nitrogen and oxygen atoms in total. The van der Waals surface area contributed by atoms with Crippen LogP contribution in [-0.2, 0) is 18.7 Å². The van der Waals surface area contributed by atoms with Crippen LogP contribution in [0.5, 0.6) is 0 Å². The Balaban J connectivity index is 1.90. The van der Waals surface area contributed by atoms with Crippen LogP contribution in [0.2, 0.25) is 0 Å². The van der Waals surface area contributed by atoms with Gasteiger partial charge in [0.25, 0.3) is 9.26 Å². The summed E-state index contributed by atoms with van der Waals surface area (Å²) in [5, 5.41) is 3.68. The molecule has 1 aliphatic carbocycles. The van der Waals surface area contributed by atoms with Crippen LogP contribution in [0.25, 0.3) is 0 Å². The molecule has 0 saturated heterocycles. The fourth-order valence-electron chi connectivity index (χ4n) is 2.74. The molecule has 0 bridgehead atoms. The number of nitrogens with two attached hydrogens (primary N) is 1. The van der Waals surface area contributed by atoms with Gasteiger partial charge in [-0.2, -0.15) is 8.42 Å². The summed E-state index contributed by atoms with van der Waals surface area (Å²) < 4.78 is 22.6. The highest BCUT2D eigenvalue weighted by Gasteiger charge is 2.21. The number of aliphatic imine (C=N–C) groups is 1. The maximum atomic E-state index is 11.3. The zero-order chi connectivity index (χ0) is 14.1. The van der Waals surface area contributed by atoms with Crippen molar-refractivity contribution < 1.29 is 8.42 Å². The van der Waals surface area contributed by atoms with Gasteiger partial charge in [-0.3, -0.25) is 0 Å². The SMILES string of the molecule is NC1=Nc2ccc(NC3CCCCC3)cc2S1=S(=O)=O. The summed E-state index contributed by atoms with van der Waals surface area (Å²) in [5.74, 6) is 0. The molecule has 108 valence electrons. The molecule has 1 aromatic carbocycles. The highest BCUT2D eigenvalue weighted by Crippen LogP contribution is 2.33. The third-order valence-electron chi connectivity index (χ3n) is 3.69. The number of nitrogens with zero attached hydrogens (tertiary/aromatic N) is 1. The van der Waals surface area contributed by atoms with E-state index in [1.807, 2.05) is 18.2 Å². The van der Waals surface area contributed by atoms with Crippen molar-refractivity contribution in [3.05, 3.63) is 18.2 Å². The van der Waals surface area contributed by atoms with Gasteiger partial charge in [-0.1, -0.05) is 19.3 Å². The first kappa shape index (κ1) is 13.6. The minimum Gasteiger partial charge on any atom is -0.382 e. The van der Waals surface area contributed by atoms with Gasteiger partial charge in [0.05, 0.1) is 10.6 Å². The molecule has 3 N–H and O–H groups in total. The van der Waals surface area contributed by atoms with Crippen LogP contribution in [0.4, 0.5) is 11.4 Å². The van der Waals surface area contributed by atoms with Gasteiger partial charge in [-0.05, 0) is 31.0 Å². The predicted molar refractivity (Wildman–Crippen MR) is 82.8 cm³/mol. The number of hydrogen-bond donors (Lipinski definition) is 2. The maximum Gasteiger partial charge on any atom is 0.252 e. The van der Waals surface area contributed by atoms with Crippen LogP contribution in [-0.4, -0.2) is 19.6 Å². The standard InChI is InChI=1S/C13H17N3O2S2/c14-13-16-11-7-6-10(8-12(11)19(13)20(17)18)15-9-4-2-1-3-5-9/h6-9,15H,1-5H2,(H2,14,16). The quantitative estimate of drug-likeness (QED) is 0.876. The molecule has 1 aliphatic heterocycles. The van der Waals surface area contributed by atoms with Crippen LogP contribution in [0, 0.1) is 0 Å². The Bertz CT molecular complexity index is 696. The number of rotatable bonds is 2. The number of anilines is 1. The molecule has 7 heteroatoms. The maximum absolute atomic E-state index is 11.3. The lowest BCUT2D eigenvalue weighted by Gasteiger charge is -2.24. The fourth-order valence-corrected chi connectivity index (χ4v) is 5.34. The van der Waals surface area contributed by atoms with E-state index in [2.05, 4.69) is 10.3 Å². The first-order valence-electron chi connectivity index (χ1n) is 6.74. The van der Waals surface area contributed by atoms with Gasteiger partial charge in [0, 0.05) is 21.2 Å². The third kappa shape index (κ3) is 2.60. The van der Waals surface area contributed by atoms with E-state index in [1.54, 1.807) is 0 Å². The molecule has 0 aromatic heterocycles. The topological polar surface area (TPSA) is 84.5 Å². The van der Waals surface area contributed by atoms with Gasteiger partial charge in [0.15, 0.2) is 5.17 Å². The molecule has 2 aliphatic rings. The second kappa shape index (κ2) is 5.57. The van der Waals surface area contributed by atoms with Crippen molar-refractivity contribution in [1.29, 1.82) is 0 Å². The van der Waals surface area contributed by atoms with E-state index in [0.29, 0.717) is 16.6 Å². The highest BCUT2D eigenvalue weighted by atomic mass is 32.9. The van der Waals surface area contributed by atoms with Crippen LogP contribution < -0.4 is 11.1 Å². The van der Waals surface area contributed by atoms with Crippen LogP contribution in [0.15, 0.2) is 28.1 Å². The monoisotopic (exact) mass is 311 g/mol. The summed E-state index contributed by atoms with van der Waals surface area (Å²) in [4.78, 5) is 4.83. The minimum absolute atomic E-state index is 0.183. The summed E-state index contributed by atoms with van der Waals surface area (Å²) in [6, 6.07) is 6.16. The molecule has 1 heterocycles. The third-order valence-corrected chi connectivity index (χ3v) is 7.03. The minimum atomic E-state index is -2.25. The van der Waals surface area contributed by atoms with Crippen LogP contribution in [0.3, 0.4) is 0 Å². The van der Waals surface area contributed by atoms with Crippen molar-refractivity contribution in [2.45, 2.75) is 43.0 Å². The molecule has 0 radical (unpaired) electrons. The summed E-state index contributed by atoms with van der Waals surface area (Å²) in [6.07, 6.45) is 6.18. The molecular weight excluding hydrogens is 294 g/mol. The van der Waals surface area contributed by atoms with Crippen molar-refractivity contribution in [2.75, 3.05) is 5.32 Å². The van der Waals surface area contributed by atoms with E-state index in [9.17, 15) is 8.42 Å². The molecule has 1 fully saturated rings. The number of fused-ring (bicyclic) bond motifs is 1. The number of nitrogens with one attached hydrogen (secondary N) is 1. The highest BCUT2D eigenvalue weighted by molar-refractivity contribution is 8.41. The van der Waals surface area contributed by atoms with E-state index in [-0.39, 0.29) is 5.17 Å². The lowest BCUT2D eigenvalue weighted by molar-refractivity contribution is 0.462. The van der Waals surface area contributed by atoms with Gasteiger partial charge in [-0.25, -0.2) is 4.99 Å². The average Bonchev–Trinajstić information content (AvgIpc) is 2.75. The van der Waals surface area contributed by atoms with E-state index >= 15 is 0 Å². The predicted octanol–water partition coefficient (Wildman–Crippen LogP) is 2.16. The molecule has 0 amide bonds. The van der Waals surface area contributed by atoms with Crippen molar-refractivity contribution >= 4 is 35.3 Å². The lowest BCUT2D eigenvalue weighted by atomic mass is 9.95. The summed E-state index contributed by atoms with van der Waals surface area (Å²) in [7, 11) is -3.36. The summed E-state index contributed by atoms with van der Waals surface area (Å²) in [5.41, 5.74) is 7.35. The van der Waals surface area contributed by atoms with Crippen molar-refractivity contribution in [2.24, 2.45) is 10.7 Å². The van der Waals surface area contributed by atoms with E-state index in [0.717, 1.165) is 5.69 Å². The van der Waals surface area contributed by atoms with Crippen molar-refractivity contribution in [3.63, 3.8) is 0 Å². The normalized spacial score (nSPS) is 22.2. The summed E-state index contributed by atoms with van der Waals surface area (Å²) in [6.45, 7) is 0. The van der Waals surface area contributed by atoms with Gasteiger partial charge in [-0.15, -0.1) is 0 Å². The van der Waals surface area contributed by atoms with Crippen LogP contribution >= 0.6 is 0 Å². The van der Waals surface area contributed by atoms with Crippen LogP contribution in [0.1, 0.15) is 32.1 Å². The Morgan fingerprint density at radius 1 is 1.25 bits per heavy atom. The average molecular weight is 311 g/mol. The van der Waals surface area contributed by atoms with Gasteiger partial charge in [0.2, 0.25) is 0 Å². The van der Waals surface area contributed by atoms with Crippen molar-refractivity contribution in [3.8, 4) is 0 Å². The zero-order valence-electron chi connectivity index (χ0n) is 11.0. The van der Waals surface area contributed by atoms with Gasteiger partial charge < -0.3 is 11.1 Å². The van der Waals surface area contributed by atoms with Crippen molar-refractivity contribution in [1.82, 2.24) is 0 Å². The lowest BCUT2D eigenvalue weighted by Crippen LogP contribution is -2.22. The molecule has 1 saturated carbocycles. The van der Waals surface area contributed by atoms with Gasteiger partial charge >= 0.3 is 0 Å². The first-order chi connectivity index (χ1) is 9.65. The second-order valence-corrected chi connectivity index (χ2v) is 8.70. The van der Waals surface area contributed by atoms with E-state index in [1.165, 1.54) is 32.1 Å². The Labute approximate surface area is 121 Å². The molecule has 20 heavy (non-hydrogen) atoms. The van der Waals surface area contributed by atoms with Gasteiger partial charge in [0.1, 0.15) is 0 Å². The van der Waals surface area contributed by atoms with E-state index in [4.69, 9.17) is 5.73 Å². The Kier molecular flexibility index (Phi) is 3.80. The number of amidine groups is 1. The molecule has 1 unspecified atom stereocenters. The second-order valence-electron chi connectivity index (χ2n) is 5.08. The fraction of sp³-hybridized carbons (Fsp3) is 0.462. The Hall–Kier alpha value is -1.34. The first-order valence-corrected chi connectivity index (χ1v) is 9.55. The molecule has 1 atom stereocenters. The molecular formula is C13H17N3O2S2. The largest absolute Gasteiger partial charge is 0.382 e. The Morgan fingerprint density at radius 2 is 2.00 bits per heavy atom. The number of benzene rings is 1. The smallest absolute Gasteiger partial charge is 0.252 e.